The van der Waals surface area contributed by atoms with Crippen molar-refractivity contribution in [3.05, 3.63) is 71.2 Å². The van der Waals surface area contributed by atoms with E-state index in [-0.39, 0.29) is 0 Å². The Hall–Kier alpha value is -2.14. The van der Waals surface area contributed by atoms with E-state index in [0.29, 0.717) is 0 Å². The van der Waals surface area contributed by atoms with Crippen LogP contribution in [0.25, 0.3) is 5.69 Å². The molecule has 0 aliphatic heterocycles. The van der Waals surface area contributed by atoms with Crippen LogP contribution in [0.5, 0.6) is 0 Å². The van der Waals surface area contributed by atoms with Gasteiger partial charge in [-0.2, -0.15) is 5.10 Å². The number of rotatable bonds is 4. The minimum atomic E-state index is 0.767. The van der Waals surface area contributed by atoms with Crippen LogP contribution in [0.15, 0.2) is 65.7 Å². The molecule has 0 amide bonds. The molecule has 3 aromatic rings. The van der Waals surface area contributed by atoms with Crippen molar-refractivity contribution in [2.45, 2.75) is 6.54 Å². The number of nitrogens with zero attached hydrogens (tertiary/aromatic N) is 3. The number of pyridine rings is 1. The Labute approximate surface area is 125 Å². The minimum absolute atomic E-state index is 0.767. The summed E-state index contributed by atoms with van der Waals surface area (Å²) in [7, 11) is 0. The molecule has 0 unspecified atom stereocenters. The van der Waals surface area contributed by atoms with E-state index in [2.05, 4.69) is 55.6 Å². The van der Waals surface area contributed by atoms with Crippen LogP contribution < -0.4 is 5.32 Å². The second-order valence-electron chi connectivity index (χ2n) is 4.34. The van der Waals surface area contributed by atoms with Crippen molar-refractivity contribution in [1.29, 1.82) is 0 Å². The predicted octanol–water partition coefficient (Wildman–Crippen LogP) is 3.64. The molecule has 1 N–H and O–H groups in total. The molecule has 0 spiro atoms. The van der Waals surface area contributed by atoms with Gasteiger partial charge >= 0.3 is 0 Å². The molecule has 4 nitrogen and oxygen atoms in total. The summed E-state index contributed by atoms with van der Waals surface area (Å²) in [5.41, 5.74) is 3.28. The fraction of sp³-hybridized carbons (Fsp3) is 0.0667. The zero-order chi connectivity index (χ0) is 13.8. The van der Waals surface area contributed by atoms with E-state index in [1.165, 1.54) is 5.56 Å². The number of hydrogen-bond donors (Lipinski definition) is 1. The largest absolute Gasteiger partial charge is 0.380 e. The SMILES string of the molecule is Brc1ccc(NCc2ccc(-n3cccn3)cc2)cn1. The maximum atomic E-state index is 4.21. The number of nitrogens with one attached hydrogen (secondary N) is 1. The molecule has 2 heterocycles. The second-order valence-corrected chi connectivity index (χ2v) is 5.15. The van der Waals surface area contributed by atoms with Crippen LogP contribution >= 0.6 is 15.9 Å². The molecule has 3 rings (SSSR count). The Morgan fingerprint density at radius 1 is 1.10 bits per heavy atom. The lowest BCUT2D eigenvalue weighted by atomic mass is 10.2. The number of aromatic nitrogens is 3. The molecule has 5 heteroatoms. The zero-order valence-corrected chi connectivity index (χ0v) is 12.3. The fourth-order valence-corrected chi connectivity index (χ4v) is 2.11. The predicted molar refractivity (Wildman–Crippen MR) is 82.8 cm³/mol. The molecule has 20 heavy (non-hydrogen) atoms. The van der Waals surface area contributed by atoms with Crippen molar-refractivity contribution in [1.82, 2.24) is 14.8 Å². The number of benzene rings is 1. The topological polar surface area (TPSA) is 42.7 Å². The van der Waals surface area contributed by atoms with Gasteiger partial charge in [-0.1, -0.05) is 12.1 Å². The number of hydrogen-bond acceptors (Lipinski definition) is 3. The number of halogens is 1. The Bertz CT molecular complexity index is 660. The maximum absolute atomic E-state index is 4.21. The highest BCUT2D eigenvalue weighted by molar-refractivity contribution is 9.10. The zero-order valence-electron chi connectivity index (χ0n) is 10.7. The third kappa shape index (κ3) is 3.05. The fourth-order valence-electron chi connectivity index (χ4n) is 1.87. The second kappa shape index (κ2) is 5.88. The van der Waals surface area contributed by atoms with E-state index in [1.807, 2.05) is 35.3 Å². The maximum Gasteiger partial charge on any atom is 0.106 e. The first kappa shape index (κ1) is 12.9. The molecule has 0 aliphatic rings. The van der Waals surface area contributed by atoms with Crippen molar-refractivity contribution in [2.24, 2.45) is 0 Å². The summed E-state index contributed by atoms with van der Waals surface area (Å²) in [5.74, 6) is 0. The van der Waals surface area contributed by atoms with Crippen molar-refractivity contribution in [3.8, 4) is 5.69 Å². The molecule has 100 valence electrons. The van der Waals surface area contributed by atoms with Gasteiger partial charge in [-0.3, -0.25) is 0 Å². The molecule has 1 aromatic carbocycles. The molecule has 0 saturated carbocycles. The molecular weight excluding hydrogens is 316 g/mol. The lowest BCUT2D eigenvalue weighted by Crippen LogP contribution is -2.00. The van der Waals surface area contributed by atoms with E-state index in [0.717, 1.165) is 22.5 Å². The van der Waals surface area contributed by atoms with Crippen molar-refractivity contribution in [2.75, 3.05) is 5.32 Å². The third-order valence-corrected chi connectivity index (χ3v) is 3.40. The lowest BCUT2D eigenvalue weighted by molar-refractivity contribution is 0.879. The minimum Gasteiger partial charge on any atom is -0.380 e. The quantitative estimate of drug-likeness (QED) is 0.743. The normalized spacial score (nSPS) is 10.4. The highest BCUT2D eigenvalue weighted by Gasteiger charge is 1.98. The van der Waals surface area contributed by atoms with Crippen molar-refractivity contribution < 1.29 is 0 Å². The van der Waals surface area contributed by atoms with Gasteiger partial charge in [0.05, 0.1) is 17.6 Å². The van der Waals surface area contributed by atoms with Crippen LogP contribution in [-0.2, 0) is 6.54 Å². The molecule has 0 bridgehead atoms. The molecule has 0 aliphatic carbocycles. The Balaban J connectivity index is 1.65. The molecule has 0 atom stereocenters. The van der Waals surface area contributed by atoms with E-state index in [9.17, 15) is 0 Å². The average molecular weight is 329 g/mol. The average Bonchev–Trinajstić information content (AvgIpc) is 3.01. The standard InChI is InChI=1S/C15H13BrN4/c16-15-7-4-13(11-18-15)17-10-12-2-5-14(6-3-12)20-9-1-8-19-20/h1-9,11,17H,10H2. The summed E-state index contributed by atoms with van der Waals surface area (Å²) in [6, 6.07) is 14.1. The Kier molecular flexibility index (Phi) is 3.78. The van der Waals surface area contributed by atoms with Crippen LogP contribution in [0.1, 0.15) is 5.56 Å². The van der Waals surface area contributed by atoms with Crippen LogP contribution in [0.4, 0.5) is 5.69 Å². The summed E-state index contributed by atoms with van der Waals surface area (Å²) in [6.07, 6.45) is 5.51. The number of anilines is 1. The van der Waals surface area contributed by atoms with Gasteiger partial charge in [0.15, 0.2) is 0 Å². The summed E-state index contributed by atoms with van der Waals surface area (Å²) in [6.45, 7) is 0.767. The molecule has 0 radical (unpaired) electrons. The lowest BCUT2D eigenvalue weighted by Gasteiger charge is -2.07. The van der Waals surface area contributed by atoms with Gasteiger partial charge in [0.1, 0.15) is 4.60 Å². The van der Waals surface area contributed by atoms with E-state index >= 15 is 0 Å². The van der Waals surface area contributed by atoms with Crippen LogP contribution in [0.2, 0.25) is 0 Å². The van der Waals surface area contributed by atoms with E-state index in [4.69, 9.17) is 0 Å². The summed E-state index contributed by atoms with van der Waals surface area (Å²) >= 11 is 3.32. The molecule has 0 fully saturated rings. The highest BCUT2D eigenvalue weighted by atomic mass is 79.9. The van der Waals surface area contributed by atoms with Crippen LogP contribution in [0.3, 0.4) is 0 Å². The molecule has 2 aromatic heterocycles. The first-order chi connectivity index (χ1) is 9.81. The summed E-state index contributed by atoms with van der Waals surface area (Å²) < 4.78 is 2.68. The smallest absolute Gasteiger partial charge is 0.106 e. The summed E-state index contributed by atoms with van der Waals surface area (Å²) in [5, 5.41) is 7.54. The van der Waals surface area contributed by atoms with Gasteiger partial charge in [0.25, 0.3) is 0 Å². The van der Waals surface area contributed by atoms with Crippen molar-refractivity contribution in [3.63, 3.8) is 0 Å². The monoisotopic (exact) mass is 328 g/mol. The highest BCUT2D eigenvalue weighted by Crippen LogP contribution is 2.13. The van der Waals surface area contributed by atoms with Crippen molar-refractivity contribution >= 4 is 21.6 Å². The Morgan fingerprint density at radius 3 is 2.60 bits per heavy atom. The van der Waals surface area contributed by atoms with Gasteiger partial charge < -0.3 is 5.32 Å². The Morgan fingerprint density at radius 2 is 1.95 bits per heavy atom. The summed E-state index contributed by atoms with van der Waals surface area (Å²) in [4.78, 5) is 4.18. The van der Waals surface area contributed by atoms with Gasteiger partial charge in [-0.25, -0.2) is 9.67 Å². The van der Waals surface area contributed by atoms with E-state index < -0.39 is 0 Å². The van der Waals surface area contributed by atoms with Gasteiger partial charge in [-0.15, -0.1) is 0 Å². The molecular formula is C15H13BrN4. The third-order valence-electron chi connectivity index (χ3n) is 2.93. The van der Waals surface area contributed by atoms with Crippen LogP contribution in [-0.4, -0.2) is 14.8 Å². The first-order valence-electron chi connectivity index (χ1n) is 6.26. The van der Waals surface area contributed by atoms with Gasteiger partial charge in [0, 0.05) is 18.9 Å². The molecule has 0 saturated heterocycles. The van der Waals surface area contributed by atoms with Gasteiger partial charge in [-0.05, 0) is 51.8 Å². The van der Waals surface area contributed by atoms with E-state index in [1.54, 1.807) is 6.20 Å². The first-order valence-corrected chi connectivity index (χ1v) is 7.05. The van der Waals surface area contributed by atoms with Gasteiger partial charge in [0.2, 0.25) is 0 Å². The van der Waals surface area contributed by atoms with Crippen LogP contribution in [0, 0.1) is 0 Å².